The van der Waals surface area contributed by atoms with Gasteiger partial charge in [-0.25, -0.2) is 0 Å². The Balaban J connectivity index is 1.25. The molecule has 0 bridgehead atoms. The van der Waals surface area contributed by atoms with Crippen LogP contribution >= 0.6 is 0 Å². The number of hydrogen-bond donors (Lipinski definition) is 0. The summed E-state index contributed by atoms with van der Waals surface area (Å²) in [7, 11) is 0. The van der Waals surface area contributed by atoms with Crippen molar-refractivity contribution in [3.63, 3.8) is 0 Å². The van der Waals surface area contributed by atoms with Gasteiger partial charge < -0.3 is 14.4 Å². The van der Waals surface area contributed by atoms with Gasteiger partial charge in [-0.2, -0.15) is 0 Å². The number of piperidine rings is 1. The van der Waals surface area contributed by atoms with E-state index in [-0.39, 0.29) is 11.5 Å². The lowest BCUT2D eigenvalue weighted by Gasteiger charge is -2.40. The van der Waals surface area contributed by atoms with Gasteiger partial charge in [0.05, 0.1) is 36.5 Å². The molecule has 1 aromatic heterocycles. The molecule has 154 valence electrons. The van der Waals surface area contributed by atoms with Crippen molar-refractivity contribution < 1.29 is 14.3 Å². The van der Waals surface area contributed by atoms with Crippen molar-refractivity contribution in [1.82, 2.24) is 14.8 Å². The molecule has 0 unspecified atom stereocenters. The molecule has 6 heteroatoms. The van der Waals surface area contributed by atoms with Crippen LogP contribution in [-0.2, 0) is 9.47 Å². The molecule has 3 fully saturated rings. The summed E-state index contributed by atoms with van der Waals surface area (Å²) >= 11 is 0. The number of carbonyl (C=O) groups is 1. The van der Waals surface area contributed by atoms with Crippen LogP contribution in [0.3, 0.4) is 0 Å². The summed E-state index contributed by atoms with van der Waals surface area (Å²) < 4.78 is 11.8. The molecule has 5 rings (SSSR count). The number of fused-ring (bicyclic) bond motifs is 1. The van der Waals surface area contributed by atoms with Gasteiger partial charge in [-0.1, -0.05) is 18.2 Å². The molecule has 3 saturated heterocycles. The quantitative estimate of drug-likeness (QED) is 0.800. The molecule has 1 amide bonds. The number of para-hydroxylation sites is 1. The maximum atomic E-state index is 13.2. The maximum Gasteiger partial charge on any atom is 0.255 e. The third-order valence-electron chi connectivity index (χ3n) is 6.57. The van der Waals surface area contributed by atoms with Crippen LogP contribution in [0.15, 0.2) is 36.5 Å². The van der Waals surface area contributed by atoms with Crippen molar-refractivity contribution in [3.05, 3.63) is 42.1 Å². The number of amides is 1. The Kier molecular flexibility index (Phi) is 5.24. The summed E-state index contributed by atoms with van der Waals surface area (Å²) in [5.41, 5.74) is 1.42. The molecule has 3 aliphatic rings. The SMILES string of the molecule is O=C(c1cnc2ccccc2c1)N1CCC[C@@]2(C[C@@H](CN3CCOCC3)CO2)C1. The standard InChI is InChI=1S/C23H29N3O3/c27-22(20-12-19-4-1-2-5-21(19)24-14-20)26-7-3-6-23(17-26)13-18(16-29-23)15-25-8-10-28-11-9-25/h1-2,4-5,12,14,18H,3,6-11,13,15-17H2/t18-,23+/m0/s1. The number of aromatic nitrogens is 1. The minimum Gasteiger partial charge on any atom is -0.379 e. The van der Waals surface area contributed by atoms with E-state index in [1.807, 2.05) is 35.2 Å². The summed E-state index contributed by atoms with van der Waals surface area (Å²) in [6.45, 7) is 7.07. The fraction of sp³-hybridized carbons (Fsp3) is 0.565. The summed E-state index contributed by atoms with van der Waals surface area (Å²) in [5, 5.41) is 1.01. The van der Waals surface area contributed by atoms with E-state index >= 15 is 0 Å². The number of pyridine rings is 1. The lowest BCUT2D eigenvalue weighted by atomic mass is 9.86. The summed E-state index contributed by atoms with van der Waals surface area (Å²) in [6.07, 6.45) is 4.80. The second kappa shape index (κ2) is 8.01. The second-order valence-corrected chi connectivity index (χ2v) is 8.72. The lowest BCUT2D eigenvalue weighted by molar-refractivity contribution is -0.0451. The number of benzene rings is 1. The van der Waals surface area contributed by atoms with Crippen LogP contribution in [-0.4, -0.2) is 78.8 Å². The van der Waals surface area contributed by atoms with Gasteiger partial charge in [0.1, 0.15) is 0 Å². The molecule has 29 heavy (non-hydrogen) atoms. The van der Waals surface area contributed by atoms with Gasteiger partial charge in [0.15, 0.2) is 0 Å². The zero-order valence-electron chi connectivity index (χ0n) is 16.9. The number of carbonyl (C=O) groups excluding carboxylic acids is 1. The highest BCUT2D eigenvalue weighted by Crippen LogP contribution is 2.38. The van der Waals surface area contributed by atoms with Crippen molar-refractivity contribution >= 4 is 16.8 Å². The summed E-state index contributed by atoms with van der Waals surface area (Å²) in [4.78, 5) is 22.1. The van der Waals surface area contributed by atoms with Crippen molar-refractivity contribution in [1.29, 1.82) is 0 Å². The van der Waals surface area contributed by atoms with E-state index in [4.69, 9.17) is 9.47 Å². The van der Waals surface area contributed by atoms with Crippen LogP contribution in [0.1, 0.15) is 29.6 Å². The van der Waals surface area contributed by atoms with E-state index in [2.05, 4.69) is 9.88 Å². The molecule has 0 aliphatic carbocycles. The highest BCUT2D eigenvalue weighted by molar-refractivity contribution is 5.97. The van der Waals surface area contributed by atoms with Crippen LogP contribution in [0, 0.1) is 5.92 Å². The van der Waals surface area contributed by atoms with Gasteiger partial charge in [0.2, 0.25) is 0 Å². The molecule has 2 aromatic rings. The average Bonchev–Trinajstić information content (AvgIpc) is 3.15. The molecule has 0 N–H and O–H groups in total. The number of ether oxygens (including phenoxy) is 2. The van der Waals surface area contributed by atoms with Gasteiger partial charge in [-0.05, 0) is 37.3 Å². The number of rotatable bonds is 3. The Bertz CT molecular complexity index is 883. The highest BCUT2D eigenvalue weighted by atomic mass is 16.5. The normalized spacial score (nSPS) is 28.3. The predicted octanol–water partition coefficient (Wildman–Crippen LogP) is 2.58. The fourth-order valence-electron chi connectivity index (χ4n) is 5.13. The first kappa shape index (κ1) is 19.0. The Labute approximate surface area is 171 Å². The number of nitrogens with zero attached hydrogens (tertiary/aromatic N) is 3. The number of likely N-dealkylation sites (tertiary alicyclic amines) is 1. The fourth-order valence-corrected chi connectivity index (χ4v) is 5.13. The van der Waals surface area contributed by atoms with Crippen LogP contribution in [0.5, 0.6) is 0 Å². The van der Waals surface area contributed by atoms with E-state index in [9.17, 15) is 4.79 Å². The molecule has 2 atom stereocenters. The first-order valence-electron chi connectivity index (χ1n) is 10.8. The van der Waals surface area contributed by atoms with Crippen molar-refractivity contribution in [2.75, 3.05) is 52.5 Å². The molecule has 4 heterocycles. The molecular formula is C23H29N3O3. The molecule has 6 nitrogen and oxygen atoms in total. The first-order valence-corrected chi connectivity index (χ1v) is 10.8. The lowest BCUT2D eigenvalue weighted by Crippen LogP contribution is -2.50. The topological polar surface area (TPSA) is 54.9 Å². The van der Waals surface area contributed by atoms with Crippen LogP contribution in [0.25, 0.3) is 10.9 Å². The Morgan fingerprint density at radius 3 is 2.97 bits per heavy atom. The third-order valence-corrected chi connectivity index (χ3v) is 6.57. The average molecular weight is 396 g/mol. The first-order chi connectivity index (χ1) is 14.2. The van der Waals surface area contributed by atoms with E-state index in [0.29, 0.717) is 18.0 Å². The molecule has 0 saturated carbocycles. The minimum atomic E-state index is -0.171. The van der Waals surface area contributed by atoms with E-state index in [0.717, 1.165) is 76.2 Å². The Morgan fingerprint density at radius 1 is 1.21 bits per heavy atom. The van der Waals surface area contributed by atoms with Crippen molar-refractivity contribution in [2.45, 2.75) is 24.9 Å². The van der Waals surface area contributed by atoms with E-state index in [1.54, 1.807) is 6.20 Å². The van der Waals surface area contributed by atoms with Crippen LogP contribution < -0.4 is 0 Å². The van der Waals surface area contributed by atoms with E-state index in [1.165, 1.54) is 0 Å². The van der Waals surface area contributed by atoms with Crippen molar-refractivity contribution in [2.24, 2.45) is 5.92 Å². The largest absolute Gasteiger partial charge is 0.379 e. The third kappa shape index (κ3) is 4.02. The zero-order valence-corrected chi connectivity index (χ0v) is 16.9. The predicted molar refractivity (Wildman–Crippen MR) is 111 cm³/mol. The zero-order chi connectivity index (χ0) is 19.7. The minimum absolute atomic E-state index is 0.0718. The summed E-state index contributed by atoms with van der Waals surface area (Å²) in [6, 6.07) is 9.89. The van der Waals surface area contributed by atoms with Crippen LogP contribution in [0.2, 0.25) is 0 Å². The van der Waals surface area contributed by atoms with Gasteiger partial charge in [-0.3, -0.25) is 14.7 Å². The smallest absolute Gasteiger partial charge is 0.255 e. The monoisotopic (exact) mass is 395 g/mol. The van der Waals surface area contributed by atoms with Crippen molar-refractivity contribution in [3.8, 4) is 0 Å². The molecule has 3 aliphatic heterocycles. The summed E-state index contributed by atoms with van der Waals surface area (Å²) in [5.74, 6) is 0.619. The molecule has 1 aromatic carbocycles. The van der Waals surface area contributed by atoms with Gasteiger partial charge in [0.25, 0.3) is 5.91 Å². The molecule has 0 radical (unpaired) electrons. The second-order valence-electron chi connectivity index (χ2n) is 8.72. The van der Waals surface area contributed by atoms with Crippen LogP contribution in [0.4, 0.5) is 0 Å². The van der Waals surface area contributed by atoms with E-state index < -0.39 is 0 Å². The Morgan fingerprint density at radius 2 is 2.07 bits per heavy atom. The molecule has 1 spiro atoms. The maximum absolute atomic E-state index is 13.2. The molecular weight excluding hydrogens is 366 g/mol. The highest BCUT2D eigenvalue weighted by Gasteiger charge is 2.44. The van der Waals surface area contributed by atoms with Gasteiger partial charge >= 0.3 is 0 Å². The number of hydrogen-bond acceptors (Lipinski definition) is 5. The Hall–Kier alpha value is -2.02. The number of morpholine rings is 1. The van der Waals surface area contributed by atoms with Gasteiger partial charge in [0, 0.05) is 44.3 Å². The van der Waals surface area contributed by atoms with Gasteiger partial charge in [-0.15, -0.1) is 0 Å².